The van der Waals surface area contributed by atoms with Gasteiger partial charge in [-0.15, -0.1) is 0 Å². The van der Waals surface area contributed by atoms with E-state index < -0.39 is 0 Å². The van der Waals surface area contributed by atoms with E-state index in [1.807, 2.05) is 0 Å². The van der Waals surface area contributed by atoms with E-state index >= 15 is 0 Å². The SMILES string of the molecule is COc1cc2cccc3c4cccc5cccc(c(c1OC)c23)c54. The van der Waals surface area contributed by atoms with E-state index in [0.717, 1.165) is 16.9 Å². The Hall–Kier alpha value is -3.00. The van der Waals surface area contributed by atoms with E-state index in [0.29, 0.717) is 0 Å². The van der Waals surface area contributed by atoms with Gasteiger partial charge in [-0.1, -0.05) is 54.6 Å². The molecule has 2 nitrogen and oxygen atoms in total. The molecule has 0 aliphatic heterocycles. The molecule has 5 rings (SSSR count). The van der Waals surface area contributed by atoms with E-state index in [-0.39, 0.29) is 0 Å². The second-order valence-electron chi connectivity index (χ2n) is 6.10. The molecule has 0 saturated heterocycles. The summed E-state index contributed by atoms with van der Waals surface area (Å²) in [6.45, 7) is 0. The van der Waals surface area contributed by atoms with Crippen molar-refractivity contribution in [2.75, 3.05) is 14.2 Å². The average Bonchev–Trinajstić information content (AvgIpc) is 2.64. The largest absolute Gasteiger partial charge is 0.493 e. The van der Waals surface area contributed by atoms with Gasteiger partial charge in [0.25, 0.3) is 0 Å². The van der Waals surface area contributed by atoms with E-state index in [4.69, 9.17) is 9.47 Å². The van der Waals surface area contributed by atoms with Crippen LogP contribution in [0.25, 0.3) is 43.1 Å². The van der Waals surface area contributed by atoms with E-state index in [1.54, 1.807) is 14.2 Å². The molecule has 0 heterocycles. The average molecular weight is 312 g/mol. The molecular weight excluding hydrogens is 296 g/mol. The van der Waals surface area contributed by atoms with Gasteiger partial charge in [-0.05, 0) is 38.4 Å². The van der Waals surface area contributed by atoms with Crippen molar-refractivity contribution < 1.29 is 9.47 Å². The van der Waals surface area contributed by atoms with Crippen molar-refractivity contribution in [3.8, 4) is 11.5 Å². The van der Waals surface area contributed by atoms with Crippen molar-refractivity contribution in [1.82, 2.24) is 0 Å². The number of ether oxygens (including phenoxy) is 2. The zero-order valence-corrected chi connectivity index (χ0v) is 13.6. The molecular formula is C22H16O2. The molecule has 2 heteroatoms. The summed E-state index contributed by atoms with van der Waals surface area (Å²) in [7, 11) is 3.40. The smallest absolute Gasteiger partial charge is 0.169 e. The summed E-state index contributed by atoms with van der Waals surface area (Å²) in [6, 6.07) is 21.5. The van der Waals surface area contributed by atoms with Crippen molar-refractivity contribution in [3.05, 3.63) is 60.7 Å². The van der Waals surface area contributed by atoms with Gasteiger partial charge >= 0.3 is 0 Å². The number of hydrogen-bond acceptors (Lipinski definition) is 2. The monoisotopic (exact) mass is 312 g/mol. The molecule has 0 fully saturated rings. The molecule has 0 unspecified atom stereocenters. The predicted molar refractivity (Wildman–Crippen MR) is 101 cm³/mol. The minimum absolute atomic E-state index is 0.772. The van der Waals surface area contributed by atoms with Crippen LogP contribution in [0.4, 0.5) is 0 Å². The third-order valence-electron chi connectivity index (χ3n) is 4.97. The molecule has 0 N–H and O–H groups in total. The molecule has 0 aromatic heterocycles. The lowest BCUT2D eigenvalue weighted by atomic mass is 9.89. The summed E-state index contributed by atoms with van der Waals surface area (Å²) in [5.74, 6) is 1.58. The fourth-order valence-electron chi connectivity index (χ4n) is 4.02. The quantitative estimate of drug-likeness (QED) is 0.305. The first-order valence-electron chi connectivity index (χ1n) is 8.03. The minimum Gasteiger partial charge on any atom is -0.493 e. The van der Waals surface area contributed by atoms with Gasteiger partial charge in [-0.2, -0.15) is 0 Å². The van der Waals surface area contributed by atoms with Gasteiger partial charge in [0.2, 0.25) is 0 Å². The second-order valence-corrected chi connectivity index (χ2v) is 6.10. The van der Waals surface area contributed by atoms with Gasteiger partial charge in [0, 0.05) is 10.8 Å². The topological polar surface area (TPSA) is 18.5 Å². The van der Waals surface area contributed by atoms with Crippen LogP contribution in [-0.2, 0) is 0 Å². The Morgan fingerprint density at radius 2 is 1.21 bits per heavy atom. The Kier molecular flexibility index (Phi) is 2.66. The number of hydrogen-bond donors (Lipinski definition) is 0. The predicted octanol–water partition coefficient (Wildman–Crippen LogP) is 5.75. The Bertz CT molecular complexity index is 1220. The lowest BCUT2D eigenvalue weighted by Crippen LogP contribution is -1.94. The highest BCUT2D eigenvalue weighted by Gasteiger charge is 2.18. The zero-order valence-electron chi connectivity index (χ0n) is 13.6. The lowest BCUT2D eigenvalue weighted by Gasteiger charge is -2.18. The van der Waals surface area contributed by atoms with Gasteiger partial charge < -0.3 is 9.47 Å². The summed E-state index contributed by atoms with van der Waals surface area (Å²) in [5.41, 5.74) is 0. The molecule has 0 bridgehead atoms. The number of rotatable bonds is 2. The number of fused-ring (bicyclic) bond motifs is 2. The van der Waals surface area contributed by atoms with Crippen LogP contribution in [0.5, 0.6) is 11.5 Å². The Morgan fingerprint density at radius 1 is 0.583 bits per heavy atom. The lowest BCUT2D eigenvalue weighted by molar-refractivity contribution is 0.359. The van der Waals surface area contributed by atoms with Crippen molar-refractivity contribution >= 4 is 43.1 Å². The van der Waals surface area contributed by atoms with Crippen molar-refractivity contribution in [1.29, 1.82) is 0 Å². The maximum atomic E-state index is 5.78. The minimum atomic E-state index is 0.772. The van der Waals surface area contributed by atoms with Crippen LogP contribution < -0.4 is 9.47 Å². The maximum Gasteiger partial charge on any atom is 0.169 e. The molecule has 24 heavy (non-hydrogen) atoms. The summed E-state index contributed by atoms with van der Waals surface area (Å²) >= 11 is 0. The van der Waals surface area contributed by atoms with Gasteiger partial charge in [0.1, 0.15) is 0 Å². The first-order valence-corrected chi connectivity index (χ1v) is 8.03. The third-order valence-corrected chi connectivity index (χ3v) is 4.97. The molecule has 5 aromatic rings. The third kappa shape index (κ3) is 1.55. The van der Waals surface area contributed by atoms with Gasteiger partial charge in [-0.25, -0.2) is 0 Å². The molecule has 0 aliphatic rings. The molecule has 0 amide bonds. The summed E-state index contributed by atoms with van der Waals surface area (Å²) in [6.07, 6.45) is 0. The van der Waals surface area contributed by atoms with Crippen LogP contribution in [-0.4, -0.2) is 14.2 Å². The van der Waals surface area contributed by atoms with Crippen LogP contribution in [0.2, 0.25) is 0 Å². The fourth-order valence-corrected chi connectivity index (χ4v) is 4.02. The summed E-state index contributed by atoms with van der Waals surface area (Å²) in [5, 5.41) is 9.83. The molecule has 0 radical (unpaired) electrons. The first-order chi connectivity index (χ1) is 11.8. The van der Waals surface area contributed by atoms with Crippen molar-refractivity contribution in [3.63, 3.8) is 0 Å². The van der Waals surface area contributed by atoms with Crippen LogP contribution in [0.15, 0.2) is 60.7 Å². The Morgan fingerprint density at radius 3 is 1.88 bits per heavy atom. The second kappa shape index (κ2) is 4.75. The molecule has 116 valence electrons. The van der Waals surface area contributed by atoms with Gasteiger partial charge in [0.15, 0.2) is 11.5 Å². The van der Waals surface area contributed by atoms with E-state index in [2.05, 4.69) is 60.7 Å². The first kappa shape index (κ1) is 13.4. The van der Waals surface area contributed by atoms with Gasteiger partial charge in [0.05, 0.1) is 14.2 Å². The van der Waals surface area contributed by atoms with Gasteiger partial charge in [-0.3, -0.25) is 0 Å². The standard InChI is InChI=1S/C22H16O2/c1-23-18-12-14-8-5-10-16-15-9-3-6-13-7-4-11-17(19(13)15)21(20(14)16)22(18)24-2/h3-12H,1-2H3. The fraction of sp³-hybridized carbons (Fsp3) is 0.0909. The summed E-state index contributed by atoms with van der Waals surface area (Å²) in [4.78, 5) is 0. The molecule has 0 spiro atoms. The van der Waals surface area contributed by atoms with Crippen molar-refractivity contribution in [2.45, 2.75) is 0 Å². The molecule has 0 saturated carbocycles. The van der Waals surface area contributed by atoms with Crippen molar-refractivity contribution in [2.24, 2.45) is 0 Å². The highest BCUT2D eigenvalue weighted by atomic mass is 16.5. The van der Waals surface area contributed by atoms with E-state index in [1.165, 1.54) is 37.7 Å². The zero-order chi connectivity index (χ0) is 16.3. The molecule has 5 aromatic carbocycles. The normalized spacial score (nSPS) is 11.8. The maximum absolute atomic E-state index is 5.78. The van der Waals surface area contributed by atoms with Crippen LogP contribution in [0.1, 0.15) is 0 Å². The van der Waals surface area contributed by atoms with E-state index in [9.17, 15) is 0 Å². The Balaban J connectivity index is 2.24. The highest BCUT2D eigenvalue weighted by Crippen LogP contribution is 2.47. The molecule has 0 atom stereocenters. The Labute approximate surface area is 139 Å². The number of benzene rings is 5. The number of methoxy groups -OCH3 is 2. The van der Waals surface area contributed by atoms with Crippen LogP contribution >= 0.6 is 0 Å². The summed E-state index contributed by atoms with van der Waals surface area (Å²) < 4.78 is 11.4. The van der Waals surface area contributed by atoms with Crippen LogP contribution in [0.3, 0.4) is 0 Å². The molecule has 0 aliphatic carbocycles. The van der Waals surface area contributed by atoms with Crippen LogP contribution in [0, 0.1) is 0 Å². The highest BCUT2D eigenvalue weighted by molar-refractivity contribution is 6.34.